The number of fused-ring (bicyclic) bond motifs is 3. The van der Waals surface area contributed by atoms with Crippen molar-refractivity contribution in [3.63, 3.8) is 0 Å². The number of rotatable bonds is 1. The van der Waals surface area contributed by atoms with Crippen molar-refractivity contribution in [2.75, 3.05) is 0 Å². The monoisotopic (exact) mass is 228 g/mol. The van der Waals surface area contributed by atoms with Gasteiger partial charge in [-0.15, -0.1) is 0 Å². The maximum atomic E-state index is 11.6. The average molecular weight is 228 g/mol. The molecule has 0 amide bonds. The first-order valence-corrected chi connectivity index (χ1v) is 5.50. The van der Waals surface area contributed by atoms with Gasteiger partial charge in [-0.05, 0) is 39.0 Å². The van der Waals surface area contributed by atoms with Crippen LogP contribution in [0.3, 0.4) is 0 Å². The fraction of sp³-hybridized carbons (Fsp3) is 0.214. The SMILES string of the molecule is CC(=O)c1cc2cc(C)oc2c2cc(C)oc12. The van der Waals surface area contributed by atoms with Gasteiger partial charge in [0, 0.05) is 5.39 Å². The van der Waals surface area contributed by atoms with Crippen molar-refractivity contribution in [3.8, 4) is 0 Å². The number of carbonyl (C=O) groups is 1. The van der Waals surface area contributed by atoms with Crippen molar-refractivity contribution < 1.29 is 13.6 Å². The van der Waals surface area contributed by atoms with E-state index >= 15 is 0 Å². The van der Waals surface area contributed by atoms with E-state index in [0.29, 0.717) is 11.1 Å². The lowest BCUT2D eigenvalue weighted by molar-refractivity contribution is 0.101. The van der Waals surface area contributed by atoms with Crippen LogP contribution in [-0.4, -0.2) is 5.78 Å². The quantitative estimate of drug-likeness (QED) is 0.591. The highest BCUT2D eigenvalue weighted by Gasteiger charge is 2.16. The van der Waals surface area contributed by atoms with Crippen molar-refractivity contribution >= 4 is 27.7 Å². The van der Waals surface area contributed by atoms with E-state index in [2.05, 4.69) is 0 Å². The fourth-order valence-corrected chi connectivity index (χ4v) is 2.22. The zero-order valence-electron chi connectivity index (χ0n) is 9.96. The Kier molecular flexibility index (Phi) is 1.93. The van der Waals surface area contributed by atoms with E-state index in [4.69, 9.17) is 8.83 Å². The zero-order valence-corrected chi connectivity index (χ0v) is 9.96. The van der Waals surface area contributed by atoms with E-state index in [9.17, 15) is 4.79 Å². The molecule has 0 atom stereocenters. The summed E-state index contributed by atoms with van der Waals surface area (Å²) in [5, 5.41) is 1.82. The smallest absolute Gasteiger partial charge is 0.163 e. The Bertz CT molecular complexity index is 744. The van der Waals surface area contributed by atoms with Crippen LogP contribution in [0.15, 0.2) is 27.0 Å². The number of ketones is 1. The van der Waals surface area contributed by atoms with E-state index in [1.165, 1.54) is 0 Å². The summed E-state index contributed by atoms with van der Waals surface area (Å²) in [7, 11) is 0. The van der Waals surface area contributed by atoms with Crippen LogP contribution in [0.5, 0.6) is 0 Å². The van der Waals surface area contributed by atoms with E-state index in [1.807, 2.05) is 32.0 Å². The molecule has 0 aliphatic carbocycles. The number of Topliss-reactive ketones (excluding diaryl/α,β-unsaturated/α-hetero) is 1. The largest absolute Gasteiger partial charge is 0.461 e. The Morgan fingerprint density at radius 1 is 1.00 bits per heavy atom. The van der Waals surface area contributed by atoms with Crippen LogP contribution in [0.1, 0.15) is 28.8 Å². The van der Waals surface area contributed by atoms with Gasteiger partial charge in [-0.3, -0.25) is 4.79 Å². The van der Waals surface area contributed by atoms with Crippen molar-refractivity contribution in [1.29, 1.82) is 0 Å². The molecule has 0 unspecified atom stereocenters. The van der Waals surface area contributed by atoms with Gasteiger partial charge in [-0.2, -0.15) is 0 Å². The van der Waals surface area contributed by atoms with Crippen LogP contribution in [0.25, 0.3) is 21.9 Å². The van der Waals surface area contributed by atoms with Gasteiger partial charge in [-0.25, -0.2) is 0 Å². The molecule has 0 radical (unpaired) electrons. The molecule has 0 bridgehead atoms. The molecule has 0 N–H and O–H groups in total. The maximum Gasteiger partial charge on any atom is 0.163 e. The predicted octanol–water partition coefficient (Wildman–Crippen LogP) is 4.00. The van der Waals surface area contributed by atoms with E-state index < -0.39 is 0 Å². The fourth-order valence-electron chi connectivity index (χ4n) is 2.22. The van der Waals surface area contributed by atoms with Crippen LogP contribution >= 0.6 is 0 Å². The molecule has 86 valence electrons. The van der Waals surface area contributed by atoms with Crippen LogP contribution in [0.2, 0.25) is 0 Å². The van der Waals surface area contributed by atoms with Gasteiger partial charge in [0.2, 0.25) is 0 Å². The van der Waals surface area contributed by atoms with Crippen LogP contribution in [0.4, 0.5) is 0 Å². The number of hydrogen-bond donors (Lipinski definition) is 0. The summed E-state index contributed by atoms with van der Waals surface area (Å²) in [5.74, 6) is 1.62. The zero-order chi connectivity index (χ0) is 12.2. The van der Waals surface area contributed by atoms with Crippen molar-refractivity contribution in [1.82, 2.24) is 0 Å². The summed E-state index contributed by atoms with van der Waals surface area (Å²) in [5.41, 5.74) is 2.03. The number of benzene rings is 1. The standard InChI is InChI=1S/C14H12O3/c1-7-4-10-6-11(9(3)15)14-12(13(10)16-7)5-8(2)17-14/h4-6H,1-3H3. The minimum atomic E-state index is 0.00473. The Balaban J connectivity index is 2.57. The minimum Gasteiger partial charge on any atom is -0.461 e. The summed E-state index contributed by atoms with van der Waals surface area (Å²) in [6, 6.07) is 5.68. The average Bonchev–Trinajstić information content (AvgIpc) is 2.77. The molecule has 0 aliphatic heterocycles. The molecule has 3 heteroatoms. The lowest BCUT2D eigenvalue weighted by Crippen LogP contribution is -1.91. The van der Waals surface area contributed by atoms with Crippen LogP contribution < -0.4 is 0 Å². The molecule has 3 aromatic rings. The topological polar surface area (TPSA) is 43.4 Å². The molecule has 0 saturated carbocycles. The Morgan fingerprint density at radius 2 is 1.65 bits per heavy atom. The minimum absolute atomic E-state index is 0.00473. The lowest BCUT2D eigenvalue weighted by atomic mass is 10.1. The second-order valence-electron chi connectivity index (χ2n) is 4.36. The number of aryl methyl sites for hydroxylation is 2. The Labute approximate surface area is 98.0 Å². The van der Waals surface area contributed by atoms with E-state index in [0.717, 1.165) is 27.9 Å². The molecule has 0 fully saturated rings. The highest BCUT2D eigenvalue weighted by Crippen LogP contribution is 2.33. The first-order chi connectivity index (χ1) is 8.06. The molecule has 2 aromatic heterocycles. The first kappa shape index (κ1) is 10.1. The van der Waals surface area contributed by atoms with Gasteiger partial charge in [0.05, 0.1) is 10.9 Å². The highest BCUT2D eigenvalue weighted by molar-refractivity contribution is 6.13. The molecule has 0 spiro atoms. The van der Waals surface area contributed by atoms with E-state index in [-0.39, 0.29) is 5.78 Å². The highest BCUT2D eigenvalue weighted by atomic mass is 16.3. The summed E-state index contributed by atoms with van der Waals surface area (Å²) in [6.07, 6.45) is 0. The molecular weight excluding hydrogens is 216 g/mol. The van der Waals surface area contributed by atoms with E-state index in [1.54, 1.807) is 6.92 Å². The van der Waals surface area contributed by atoms with Crippen molar-refractivity contribution in [3.05, 3.63) is 35.3 Å². The summed E-state index contributed by atoms with van der Waals surface area (Å²) in [6.45, 7) is 5.31. The maximum absolute atomic E-state index is 11.6. The third-order valence-corrected chi connectivity index (χ3v) is 2.91. The van der Waals surface area contributed by atoms with Crippen LogP contribution in [-0.2, 0) is 0 Å². The molecule has 0 aliphatic rings. The van der Waals surface area contributed by atoms with Crippen LogP contribution in [0, 0.1) is 13.8 Å². The molecule has 3 rings (SSSR count). The molecule has 17 heavy (non-hydrogen) atoms. The Hall–Kier alpha value is -2.03. The molecule has 3 nitrogen and oxygen atoms in total. The third-order valence-electron chi connectivity index (χ3n) is 2.91. The van der Waals surface area contributed by atoms with Gasteiger partial charge >= 0.3 is 0 Å². The Morgan fingerprint density at radius 3 is 2.35 bits per heavy atom. The number of carbonyl (C=O) groups excluding carboxylic acids is 1. The second kappa shape index (κ2) is 3.23. The summed E-state index contributed by atoms with van der Waals surface area (Å²) < 4.78 is 11.3. The molecule has 2 heterocycles. The van der Waals surface area contributed by atoms with Gasteiger partial charge in [0.1, 0.15) is 22.7 Å². The predicted molar refractivity (Wildman–Crippen MR) is 65.5 cm³/mol. The van der Waals surface area contributed by atoms with Crippen molar-refractivity contribution in [2.24, 2.45) is 0 Å². The molecular formula is C14H12O3. The van der Waals surface area contributed by atoms with Gasteiger partial charge < -0.3 is 8.83 Å². The third kappa shape index (κ3) is 1.39. The number of furan rings is 2. The van der Waals surface area contributed by atoms with Crippen molar-refractivity contribution in [2.45, 2.75) is 20.8 Å². The number of hydrogen-bond acceptors (Lipinski definition) is 3. The van der Waals surface area contributed by atoms with Gasteiger partial charge in [-0.1, -0.05) is 0 Å². The lowest BCUT2D eigenvalue weighted by Gasteiger charge is -1.98. The van der Waals surface area contributed by atoms with Gasteiger partial charge in [0.15, 0.2) is 5.78 Å². The molecule has 1 aromatic carbocycles. The second-order valence-corrected chi connectivity index (χ2v) is 4.36. The van der Waals surface area contributed by atoms with Gasteiger partial charge in [0.25, 0.3) is 0 Å². The summed E-state index contributed by atoms with van der Waals surface area (Å²) in [4.78, 5) is 11.6. The summed E-state index contributed by atoms with van der Waals surface area (Å²) >= 11 is 0. The molecule has 0 saturated heterocycles. The normalized spacial score (nSPS) is 11.5. The first-order valence-electron chi connectivity index (χ1n) is 5.50.